The summed E-state index contributed by atoms with van der Waals surface area (Å²) in [7, 11) is -1.78. The summed E-state index contributed by atoms with van der Waals surface area (Å²) in [6.45, 7) is 4.83. The summed E-state index contributed by atoms with van der Waals surface area (Å²) < 4.78 is 34.9. The molecule has 40 heavy (non-hydrogen) atoms. The van der Waals surface area contributed by atoms with E-state index in [0.29, 0.717) is 43.0 Å². The van der Waals surface area contributed by atoms with Crippen molar-refractivity contribution >= 4 is 44.7 Å². The first kappa shape index (κ1) is 28.5. The highest BCUT2D eigenvalue weighted by Gasteiger charge is 2.31. The van der Waals surface area contributed by atoms with Crippen LogP contribution in [0.4, 0.5) is 10.6 Å². The summed E-state index contributed by atoms with van der Waals surface area (Å²) in [4.78, 5) is 27.5. The number of piperazine rings is 1. The van der Waals surface area contributed by atoms with Crippen LogP contribution in [-0.2, 0) is 27.8 Å². The number of fused-ring (bicyclic) bond motifs is 1. The maximum atomic E-state index is 13.1. The van der Waals surface area contributed by atoms with Gasteiger partial charge in [-0.05, 0) is 60.9 Å². The zero-order valence-corrected chi connectivity index (χ0v) is 24.1. The Kier molecular flexibility index (Phi) is 9.03. The first-order valence-electron chi connectivity index (χ1n) is 13.6. The number of aromatic nitrogens is 4. The van der Waals surface area contributed by atoms with Gasteiger partial charge in [0.15, 0.2) is 17.0 Å². The molecule has 14 heteroatoms. The number of alkyl carbamates (subject to hydrolysis) is 1. The molecular formula is C26H35ClN8O4S. The highest BCUT2D eigenvalue weighted by molar-refractivity contribution is 7.89. The van der Waals surface area contributed by atoms with Crippen LogP contribution in [0.25, 0.3) is 11.2 Å². The number of amides is 1. The number of anilines is 1. The number of benzene rings is 1. The Labute approximate surface area is 239 Å². The third-order valence-corrected chi connectivity index (χ3v) is 9.32. The van der Waals surface area contributed by atoms with Crippen molar-refractivity contribution in [2.75, 3.05) is 51.7 Å². The van der Waals surface area contributed by atoms with Crippen molar-refractivity contribution in [1.29, 1.82) is 0 Å². The van der Waals surface area contributed by atoms with Crippen molar-refractivity contribution in [3.05, 3.63) is 41.4 Å². The molecule has 1 aliphatic carbocycles. The predicted molar refractivity (Wildman–Crippen MR) is 152 cm³/mol. The minimum atomic E-state index is -3.53. The SMILES string of the molecule is CNc1nc(Cl)nc2c1ncn2CCCCOC(=O)NCc1ccc(S(=O)(=O)N2CCN(CC3CC3)CC2)cc1. The summed E-state index contributed by atoms with van der Waals surface area (Å²) >= 11 is 6.00. The second-order valence-corrected chi connectivity index (χ2v) is 12.5. The summed E-state index contributed by atoms with van der Waals surface area (Å²) in [5.41, 5.74) is 2.09. The van der Waals surface area contributed by atoms with Crippen LogP contribution in [-0.4, -0.2) is 89.6 Å². The molecule has 0 atom stereocenters. The van der Waals surface area contributed by atoms with Crippen LogP contribution in [0, 0.1) is 5.92 Å². The summed E-state index contributed by atoms with van der Waals surface area (Å²) in [6, 6.07) is 6.65. The molecule has 0 bridgehead atoms. The molecule has 1 aliphatic heterocycles. The second-order valence-electron chi connectivity index (χ2n) is 10.2. The van der Waals surface area contributed by atoms with Gasteiger partial charge in [-0.2, -0.15) is 14.3 Å². The molecule has 2 N–H and O–H groups in total. The number of hydrogen-bond acceptors (Lipinski definition) is 9. The largest absolute Gasteiger partial charge is 0.450 e. The van der Waals surface area contributed by atoms with E-state index in [9.17, 15) is 13.2 Å². The van der Waals surface area contributed by atoms with E-state index in [1.165, 1.54) is 12.8 Å². The fourth-order valence-corrected chi connectivity index (χ4v) is 6.36. The number of ether oxygens (including phenoxy) is 1. The van der Waals surface area contributed by atoms with Gasteiger partial charge in [0.2, 0.25) is 15.3 Å². The standard InChI is InChI=1S/C26H35ClN8O4S/c1-28-23-22-24(32-25(27)31-23)34(18-30-22)10-2-3-15-39-26(36)29-16-19-6-8-21(9-7-19)40(37,38)35-13-11-33(12-14-35)17-20-4-5-20/h6-9,18,20H,2-5,10-17H2,1H3,(H,29,36)(H,28,31,32). The van der Waals surface area contributed by atoms with Crippen molar-refractivity contribution < 1.29 is 17.9 Å². The number of carbonyl (C=O) groups excluding carboxylic acids is 1. The van der Waals surface area contributed by atoms with E-state index in [1.54, 1.807) is 41.9 Å². The maximum Gasteiger partial charge on any atom is 0.407 e. The molecule has 5 rings (SSSR count). The lowest BCUT2D eigenvalue weighted by atomic mass is 10.2. The molecule has 1 aromatic carbocycles. The molecule has 2 aliphatic rings. The Morgan fingerprint density at radius 3 is 2.55 bits per heavy atom. The van der Waals surface area contributed by atoms with Crippen LogP contribution in [0.3, 0.4) is 0 Å². The monoisotopic (exact) mass is 590 g/mol. The van der Waals surface area contributed by atoms with Crippen molar-refractivity contribution in [2.24, 2.45) is 5.92 Å². The zero-order chi connectivity index (χ0) is 28.1. The normalized spacial score (nSPS) is 16.8. The fourth-order valence-electron chi connectivity index (χ4n) is 4.78. The first-order chi connectivity index (χ1) is 19.3. The van der Waals surface area contributed by atoms with Gasteiger partial charge in [-0.15, -0.1) is 0 Å². The molecule has 1 amide bonds. The van der Waals surface area contributed by atoms with Crippen molar-refractivity contribution in [1.82, 2.24) is 34.0 Å². The highest BCUT2D eigenvalue weighted by atomic mass is 35.5. The molecule has 1 saturated heterocycles. The van der Waals surface area contributed by atoms with E-state index < -0.39 is 16.1 Å². The van der Waals surface area contributed by atoms with Gasteiger partial charge in [0.05, 0.1) is 17.8 Å². The average Bonchev–Trinajstić information content (AvgIpc) is 3.69. The first-order valence-corrected chi connectivity index (χ1v) is 15.4. The number of sulfonamides is 1. The minimum absolute atomic E-state index is 0.146. The quantitative estimate of drug-likeness (QED) is 0.241. The van der Waals surface area contributed by atoms with Crippen molar-refractivity contribution in [3.63, 3.8) is 0 Å². The van der Waals surface area contributed by atoms with E-state index in [4.69, 9.17) is 16.3 Å². The molecule has 2 fully saturated rings. The summed E-state index contributed by atoms with van der Waals surface area (Å²) in [5.74, 6) is 1.38. The van der Waals surface area contributed by atoms with Gasteiger partial charge < -0.3 is 24.8 Å². The number of carbonyl (C=O) groups is 1. The Balaban J connectivity index is 1.01. The van der Waals surface area contributed by atoms with Gasteiger partial charge in [0.1, 0.15) is 0 Å². The van der Waals surface area contributed by atoms with Crippen LogP contribution in [0.2, 0.25) is 5.28 Å². The second kappa shape index (κ2) is 12.7. The topological polar surface area (TPSA) is 135 Å². The van der Waals surface area contributed by atoms with Crippen molar-refractivity contribution in [3.8, 4) is 0 Å². The lowest BCUT2D eigenvalue weighted by molar-refractivity contribution is 0.143. The van der Waals surface area contributed by atoms with Crippen LogP contribution < -0.4 is 10.6 Å². The van der Waals surface area contributed by atoms with E-state index in [0.717, 1.165) is 37.5 Å². The summed E-state index contributed by atoms with van der Waals surface area (Å²) in [5, 5.41) is 5.82. The molecule has 0 radical (unpaired) electrons. The van der Waals surface area contributed by atoms with Gasteiger partial charge in [-0.1, -0.05) is 12.1 Å². The van der Waals surface area contributed by atoms with Crippen molar-refractivity contribution in [2.45, 2.75) is 43.7 Å². The number of rotatable bonds is 12. The molecule has 1 saturated carbocycles. The van der Waals surface area contributed by atoms with Crippen LogP contribution in [0.15, 0.2) is 35.5 Å². The maximum absolute atomic E-state index is 13.1. The highest BCUT2D eigenvalue weighted by Crippen LogP contribution is 2.30. The molecule has 3 aromatic rings. The molecule has 0 unspecified atom stereocenters. The molecule has 3 heterocycles. The van der Waals surface area contributed by atoms with Gasteiger partial charge in [-0.3, -0.25) is 0 Å². The molecule has 0 spiro atoms. The Morgan fingerprint density at radius 1 is 1.10 bits per heavy atom. The molecule has 12 nitrogen and oxygen atoms in total. The van der Waals surface area contributed by atoms with Crippen LogP contribution in [0.5, 0.6) is 0 Å². The minimum Gasteiger partial charge on any atom is -0.450 e. The number of halogens is 1. The van der Waals surface area contributed by atoms with Gasteiger partial charge in [-0.25, -0.2) is 18.2 Å². The number of nitrogens with zero attached hydrogens (tertiary/aromatic N) is 6. The lowest BCUT2D eigenvalue weighted by Crippen LogP contribution is -2.49. The molecule has 2 aromatic heterocycles. The summed E-state index contributed by atoms with van der Waals surface area (Å²) in [6.07, 6.45) is 5.18. The number of aryl methyl sites for hydroxylation is 1. The third-order valence-electron chi connectivity index (χ3n) is 7.24. The van der Waals surface area contributed by atoms with E-state index in [1.807, 2.05) is 4.57 Å². The van der Waals surface area contributed by atoms with Gasteiger partial charge in [0, 0.05) is 52.9 Å². The lowest BCUT2D eigenvalue weighted by Gasteiger charge is -2.34. The van der Waals surface area contributed by atoms with Gasteiger partial charge in [0.25, 0.3) is 0 Å². The Bertz CT molecular complexity index is 1420. The molecular weight excluding hydrogens is 556 g/mol. The van der Waals surface area contributed by atoms with E-state index >= 15 is 0 Å². The smallest absolute Gasteiger partial charge is 0.407 e. The number of hydrogen-bond donors (Lipinski definition) is 2. The van der Waals surface area contributed by atoms with Gasteiger partial charge >= 0.3 is 6.09 Å². The average molecular weight is 591 g/mol. The zero-order valence-electron chi connectivity index (χ0n) is 22.6. The number of unbranched alkanes of at least 4 members (excludes halogenated alkanes) is 1. The van der Waals surface area contributed by atoms with E-state index in [2.05, 4.69) is 30.5 Å². The van der Waals surface area contributed by atoms with Crippen LogP contribution in [0.1, 0.15) is 31.2 Å². The number of nitrogens with one attached hydrogen (secondary N) is 2. The third kappa shape index (κ3) is 7.00. The fraction of sp³-hybridized carbons (Fsp3) is 0.538. The van der Waals surface area contributed by atoms with E-state index in [-0.39, 0.29) is 23.3 Å². The van der Waals surface area contributed by atoms with Crippen LogP contribution >= 0.6 is 11.6 Å². The Hall–Kier alpha value is -3.00. The Morgan fingerprint density at radius 2 is 1.85 bits per heavy atom. The molecule has 216 valence electrons. The predicted octanol–water partition coefficient (Wildman–Crippen LogP) is 2.94. The number of imidazole rings is 1.